The summed E-state index contributed by atoms with van der Waals surface area (Å²) in [7, 11) is 0. The number of H-pyrrole nitrogens is 1. The van der Waals surface area contributed by atoms with Gasteiger partial charge in [-0.1, -0.05) is 18.2 Å². The minimum absolute atomic E-state index is 0.0339. The van der Waals surface area contributed by atoms with E-state index < -0.39 is 0 Å². The molecule has 98 valence electrons. The van der Waals surface area contributed by atoms with Gasteiger partial charge in [0.2, 0.25) is 5.91 Å². The average molecular weight is 273 g/mol. The van der Waals surface area contributed by atoms with Gasteiger partial charge < -0.3 is 5.32 Å². The zero-order valence-corrected chi connectivity index (χ0v) is 11.5. The highest BCUT2D eigenvalue weighted by molar-refractivity contribution is 7.99. The molecule has 1 atom stereocenters. The van der Waals surface area contributed by atoms with Crippen LogP contribution < -0.4 is 5.32 Å². The Morgan fingerprint density at radius 2 is 2.37 bits per heavy atom. The maximum absolute atomic E-state index is 12.3. The molecule has 1 aromatic heterocycles. The molecule has 0 radical (unpaired) electrons. The Morgan fingerprint density at radius 1 is 1.53 bits per heavy atom. The van der Waals surface area contributed by atoms with Gasteiger partial charge >= 0.3 is 0 Å². The maximum atomic E-state index is 12.3. The van der Waals surface area contributed by atoms with E-state index in [2.05, 4.69) is 21.6 Å². The highest BCUT2D eigenvalue weighted by Gasteiger charge is 2.28. The summed E-state index contributed by atoms with van der Waals surface area (Å²) in [4.78, 5) is 13.5. The van der Waals surface area contributed by atoms with Crippen LogP contribution in [0.1, 0.15) is 22.7 Å². The fraction of sp³-hybridized carbons (Fsp3) is 0.286. The fourth-order valence-corrected chi connectivity index (χ4v) is 3.47. The molecule has 1 amide bonds. The predicted octanol–water partition coefficient (Wildman–Crippen LogP) is 2.22. The summed E-state index contributed by atoms with van der Waals surface area (Å²) in [5, 5.41) is 9.82. The van der Waals surface area contributed by atoms with Crippen molar-refractivity contribution in [2.45, 2.75) is 24.3 Å². The summed E-state index contributed by atoms with van der Waals surface area (Å²) in [6, 6.07) is 8.13. The highest BCUT2D eigenvalue weighted by atomic mass is 32.2. The Bertz CT molecular complexity index is 608. The quantitative estimate of drug-likeness (QED) is 0.901. The van der Waals surface area contributed by atoms with Crippen molar-refractivity contribution < 1.29 is 4.79 Å². The number of hydrogen-bond donors (Lipinski definition) is 2. The third-order valence-electron chi connectivity index (χ3n) is 3.40. The zero-order chi connectivity index (χ0) is 13.2. The zero-order valence-electron chi connectivity index (χ0n) is 10.6. The molecular weight excluding hydrogens is 258 g/mol. The van der Waals surface area contributed by atoms with Crippen molar-refractivity contribution in [3.05, 3.63) is 47.3 Å². The minimum Gasteiger partial charge on any atom is -0.351 e. The number of rotatable bonds is 3. The van der Waals surface area contributed by atoms with E-state index in [4.69, 9.17) is 0 Å². The molecular formula is C14H15N3OS. The Hall–Kier alpha value is -1.75. The lowest BCUT2D eigenvalue weighted by Gasteiger charge is -2.11. The molecule has 1 aliphatic heterocycles. The van der Waals surface area contributed by atoms with Crippen LogP contribution in [-0.2, 0) is 11.3 Å². The topological polar surface area (TPSA) is 57.8 Å². The monoisotopic (exact) mass is 273 g/mol. The van der Waals surface area contributed by atoms with E-state index in [1.807, 2.05) is 25.1 Å². The molecule has 0 bridgehead atoms. The number of thioether (sulfide) groups is 1. The number of benzene rings is 1. The minimum atomic E-state index is -0.0339. The summed E-state index contributed by atoms with van der Waals surface area (Å²) in [5.74, 6) is 0.890. The lowest BCUT2D eigenvalue weighted by atomic mass is 10.0. The van der Waals surface area contributed by atoms with Crippen molar-refractivity contribution in [1.29, 1.82) is 0 Å². The molecule has 2 N–H and O–H groups in total. The van der Waals surface area contributed by atoms with E-state index in [0.29, 0.717) is 6.54 Å². The van der Waals surface area contributed by atoms with Crippen molar-refractivity contribution in [3.8, 4) is 0 Å². The third kappa shape index (κ3) is 2.38. The summed E-state index contributed by atoms with van der Waals surface area (Å²) >= 11 is 1.75. The van der Waals surface area contributed by atoms with Crippen LogP contribution in [0.2, 0.25) is 0 Å². The van der Waals surface area contributed by atoms with E-state index >= 15 is 0 Å². The van der Waals surface area contributed by atoms with Gasteiger partial charge in [0.05, 0.1) is 12.1 Å². The normalized spacial score (nSPS) is 17.2. The maximum Gasteiger partial charge on any atom is 0.228 e. The summed E-state index contributed by atoms with van der Waals surface area (Å²) < 4.78 is 0. The number of nitrogens with one attached hydrogen (secondary N) is 2. The Labute approximate surface area is 116 Å². The number of nitrogens with zero attached hydrogens (tertiary/aromatic N) is 1. The second-order valence-electron chi connectivity index (χ2n) is 4.64. The van der Waals surface area contributed by atoms with Crippen LogP contribution in [0.25, 0.3) is 0 Å². The predicted molar refractivity (Wildman–Crippen MR) is 75.1 cm³/mol. The SMILES string of the molecule is Cc1[nH]ncc1CNC(=O)C1CSc2ccccc21. The van der Waals surface area contributed by atoms with Gasteiger partial charge in [-0.3, -0.25) is 9.89 Å². The smallest absolute Gasteiger partial charge is 0.228 e. The van der Waals surface area contributed by atoms with Crippen LogP contribution in [0.15, 0.2) is 35.4 Å². The number of aryl methyl sites for hydroxylation is 1. The molecule has 1 aromatic carbocycles. The third-order valence-corrected chi connectivity index (χ3v) is 4.59. The van der Waals surface area contributed by atoms with Crippen LogP contribution in [0.3, 0.4) is 0 Å². The van der Waals surface area contributed by atoms with E-state index in [0.717, 1.165) is 22.6 Å². The highest BCUT2D eigenvalue weighted by Crippen LogP contribution is 2.39. The first-order chi connectivity index (χ1) is 9.25. The molecule has 2 aromatic rings. The Kier molecular flexibility index (Phi) is 3.29. The summed E-state index contributed by atoms with van der Waals surface area (Å²) in [6.07, 6.45) is 1.76. The van der Waals surface area contributed by atoms with Crippen LogP contribution in [0.4, 0.5) is 0 Å². The molecule has 19 heavy (non-hydrogen) atoms. The number of aromatic amines is 1. The molecule has 5 heteroatoms. The number of hydrogen-bond acceptors (Lipinski definition) is 3. The van der Waals surface area contributed by atoms with Crippen LogP contribution in [-0.4, -0.2) is 21.9 Å². The molecule has 0 spiro atoms. The number of aromatic nitrogens is 2. The lowest BCUT2D eigenvalue weighted by molar-refractivity contribution is -0.122. The average Bonchev–Trinajstić information content (AvgIpc) is 3.02. The van der Waals surface area contributed by atoms with E-state index in [-0.39, 0.29) is 11.8 Å². The van der Waals surface area contributed by atoms with Crippen molar-refractivity contribution >= 4 is 17.7 Å². The summed E-state index contributed by atoms with van der Waals surface area (Å²) in [5.41, 5.74) is 3.18. The van der Waals surface area contributed by atoms with Gasteiger partial charge in [0, 0.05) is 28.5 Å². The van der Waals surface area contributed by atoms with Gasteiger partial charge in [0.1, 0.15) is 0 Å². The molecule has 0 saturated heterocycles. The van der Waals surface area contributed by atoms with Gasteiger partial charge in [-0.25, -0.2) is 0 Å². The molecule has 0 saturated carbocycles. The van der Waals surface area contributed by atoms with Gasteiger partial charge in [-0.15, -0.1) is 11.8 Å². The lowest BCUT2D eigenvalue weighted by Crippen LogP contribution is -2.29. The standard InChI is InChI=1S/C14H15N3OS/c1-9-10(7-16-17-9)6-15-14(18)12-8-19-13-5-3-2-4-11(12)13/h2-5,7,12H,6,8H2,1H3,(H,15,18)(H,16,17). The molecule has 1 aliphatic rings. The first kappa shape index (κ1) is 12.3. The van der Waals surface area contributed by atoms with Crippen LogP contribution in [0, 0.1) is 6.92 Å². The molecule has 0 aliphatic carbocycles. The molecule has 1 unspecified atom stereocenters. The van der Waals surface area contributed by atoms with Crippen molar-refractivity contribution in [2.24, 2.45) is 0 Å². The molecule has 2 heterocycles. The van der Waals surface area contributed by atoms with Crippen LogP contribution in [0.5, 0.6) is 0 Å². The fourth-order valence-electron chi connectivity index (χ4n) is 2.24. The van der Waals surface area contributed by atoms with Crippen molar-refractivity contribution in [2.75, 3.05) is 5.75 Å². The largest absolute Gasteiger partial charge is 0.351 e. The molecule has 0 fully saturated rings. The van der Waals surface area contributed by atoms with Gasteiger partial charge in [-0.05, 0) is 18.6 Å². The van der Waals surface area contributed by atoms with Gasteiger partial charge in [0.15, 0.2) is 0 Å². The first-order valence-corrected chi connectivity index (χ1v) is 7.22. The van der Waals surface area contributed by atoms with Gasteiger partial charge in [0.25, 0.3) is 0 Å². The van der Waals surface area contributed by atoms with E-state index in [1.165, 1.54) is 4.90 Å². The van der Waals surface area contributed by atoms with Gasteiger partial charge in [-0.2, -0.15) is 5.10 Å². The number of carbonyl (C=O) groups is 1. The first-order valence-electron chi connectivity index (χ1n) is 6.24. The van der Waals surface area contributed by atoms with E-state index in [9.17, 15) is 4.79 Å². The van der Waals surface area contributed by atoms with Crippen molar-refractivity contribution in [1.82, 2.24) is 15.5 Å². The van der Waals surface area contributed by atoms with Crippen LogP contribution >= 0.6 is 11.8 Å². The summed E-state index contributed by atoms with van der Waals surface area (Å²) in [6.45, 7) is 2.49. The molecule has 3 rings (SSSR count). The second-order valence-corrected chi connectivity index (χ2v) is 5.70. The Morgan fingerprint density at radius 3 is 3.16 bits per heavy atom. The molecule has 4 nitrogen and oxygen atoms in total. The second kappa shape index (κ2) is 5.09. The number of fused-ring (bicyclic) bond motifs is 1. The number of carbonyl (C=O) groups excluding carboxylic acids is 1. The number of amides is 1. The van der Waals surface area contributed by atoms with E-state index in [1.54, 1.807) is 18.0 Å². The van der Waals surface area contributed by atoms with Crippen molar-refractivity contribution in [3.63, 3.8) is 0 Å². The Balaban J connectivity index is 1.68.